The number of H-pyrrole nitrogens is 1. The van der Waals surface area contributed by atoms with Gasteiger partial charge in [-0.3, -0.25) is 4.79 Å². The highest BCUT2D eigenvalue weighted by atomic mass is 35.5. The molecule has 0 radical (unpaired) electrons. The molecule has 0 aliphatic heterocycles. The number of aryl methyl sites for hydroxylation is 1. The van der Waals surface area contributed by atoms with E-state index in [1.807, 2.05) is 19.1 Å². The van der Waals surface area contributed by atoms with Gasteiger partial charge in [0.15, 0.2) is 0 Å². The van der Waals surface area contributed by atoms with Crippen LogP contribution < -0.4 is 5.56 Å². The predicted octanol–water partition coefficient (Wildman–Crippen LogP) is 3.76. The molecule has 1 aromatic carbocycles. The van der Waals surface area contributed by atoms with Crippen LogP contribution in [0.1, 0.15) is 42.7 Å². The molecule has 3 rings (SSSR count). The monoisotopic (exact) mass is 304 g/mol. The van der Waals surface area contributed by atoms with Gasteiger partial charge in [-0.05, 0) is 37.3 Å². The van der Waals surface area contributed by atoms with Crippen molar-refractivity contribution in [3.63, 3.8) is 0 Å². The molecule has 0 spiro atoms. The molecule has 0 bridgehead atoms. The van der Waals surface area contributed by atoms with E-state index in [0.717, 1.165) is 31.2 Å². The summed E-state index contributed by atoms with van der Waals surface area (Å²) in [6, 6.07) is 5.43. The van der Waals surface area contributed by atoms with Gasteiger partial charge in [-0.1, -0.05) is 36.6 Å². The molecule has 110 valence electrons. The molecule has 1 fully saturated rings. The van der Waals surface area contributed by atoms with E-state index >= 15 is 0 Å². The molecule has 0 amide bonds. The zero-order chi connectivity index (χ0) is 15.0. The topological polar surface area (TPSA) is 66.0 Å². The van der Waals surface area contributed by atoms with E-state index in [1.165, 1.54) is 0 Å². The summed E-state index contributed by atoms with van der Waals surface area (Å²) in [5.41, 5.74) is 1.82. The van der Waals surface area contributed by atoms with Gasteiger partial charge in [-0.2, -0.15) is 4.98 Å². The van der Waals surface area contributed by atoms with Crippen LogP contribution in [-0.4, -0.2) is 15.1 Å². The Balaban J connectivity index is 2.05. The molecule has 2 aromatic rings. The van der Waals surface area contributed by atoms with Crippen LogP contribution in [0.15, 0.2) is 23.0 Å². The molecular formula is C16H17ClN2O2. The summed E-state index contributed by atoms with van der Waals surface area (Å²) >= 11 is 6.10. The maximum Gasteiger partial charge on any atom is 0.258 e. The minimum atomic E-state index is -0.249. The predicted molar refractivity (Wildman–Crippen MR) is 82.9 cm³/mol. The molecule has 1 aromatic heterocycles. The zero-order valence-corrected chi connectivity index (χ0v) is 12.6. The number of halogens is 1. The lowest BCUT2D eigenvalue weighted by atomic mass is 10.00. The summed E-state index contributed by atoms with van der Waals surface area (Å²) < 4.78 is 0. The van der Waals surface area contributed by atoms with Crippen molar-refractivity contribution in [1.82, 2.24) is 9.97 Å². The van der Waals surface area contributed by atoms with E-state index in [1.54, 1.807) is 6.07 Å². The number of aromatic nitrogens is 2. The van der Waals surface area contributed by atoms with Gasteiger partial charge in [0.1, 0.15) is 5.82 Å². The van der Waals surface area contributed by atoms with Crippen LogP contribution >= 0.6 is 11.6 Å². The molecule has 1 saturated carbocycles. The third kappa shape index (κ3) is 2.68. The van der Waals surface area contributed by atoms with Crippen molar-refractivity contribution in [3.8, 4) is 17.3 Å². The van der Waals surface area contributed by atoms with Crippen LogP contribution in [0.2, 0.25) is 5.02 Å². The van der Waals surface area contributed by atoms with Gasteiger partial charge in [0, 0.05) is 10.6 Å². The van der Waals surface area contributed by atoms with Gasteiger partial charge in [0.25, 0.3) is 5.56 Å². The second-order valence-corrected chi connectivity index (χ2v) is 6.00. The largest absolute Gasteiger partial charge is 0.493 e. The lowest BCUT2D eigenvalue weighted by Gasteiger charge is -2.11. The van der Waals surface area contributed by atoms with Crippen molar-refractivity contribution in [1.29, 1.82) is 0 Å². The standard InChI is InChI=1S/C16H17ClN2O2/c1-9-6-7-11(8-12(9)17)14-18-15(20)13(16(21)19-14)10-4-2-3-5-10/h6-8,10H,2-5H2,1H3,(H2,18,19,20,21). The Morgan fingerprint density at radius 2 is 2.05 bits per heavy atom. The fourth-order valence-corrected chi connectivity index (χ4v) is 3.11. The van der Waals surface area contributed by atoms with Crippen molar-refractivity contribution >= 4 is 11.6 Å². The third-order valence-electron chi connectivity index (χ3n) is 4.14. The molecule has 0 atom stereocenters. The number of hydrogen-bond donors (Lipinski definition) is 2. The van der Waals surface area contributed by atoms with Crippen LogP contribution in [0, 0.1) is 6.92 Å². The Hall–Kier alpha value is -1.81. The fourth-order valence-electron chi connectivity index (χ4n) is 2.93. The summed E-state index contributed by atoms with van der Waals surface area (Å²) in [6.45, 7) is 1.91. The first kappa shape index (κ1) is 14.1. The minimum Gasteiger partial charge on any atom is -0.493 e. The summed E-state index contributed by atoms with van der Waals surface area (Å²) in [5.74, 6) is 0.315. The van der Waals surface area contributed by atoms with Gasteiger partial charge < -0.3 is 10.1 Å². The van der Waals surface area contributed by atoms with E-state index in [-0.39, 0.29) is 17.4 Å². The smallest absolute Gasteiger partial charge is 0.258 e. The maximum atomic E-state index is 12.3. The highest BCUT2D eigenvalue weighted by molar-refractivity contribution is 6.31. The van der Waals surface area contributed by atoms with Crippen molar-refractivity contribution < 1.29 is 5.11 Å². The van der Waals surface area contributed by atoms with Gasteiger partial charge in [0.2, 0.25) is 5.88 Å². The van der Waals surface area contributed by atoms with E-state index < -0.39 is 0 Å². The molecule has 2 N–H and O–H groups in total. The Morgan fingerprint density at radius 3 is 2.67 bits per heavy atom. The summed E-state index contributed by atoms with van der Waals surface area (Å²) in [7, 11) is 0. The zero-order valence-electron chi connectivity index (χ0n) is 11.8. The number of rotatable bonds is 2. The van der Waals surface area contributed by atoms with Gasteiger partial charge in [0.05, 0.1) is 5.56 Å². The Kier molecular flexibility index (Phi) is 3.72. The van der Waals surface area contributed by atoms with Crippen LogP contribution in [0.5, 0.6) is 5.88 Å². The molecule has 0 unspecified atom stereocenters. The number of hydrogen-bond acceptors (Lipinski definition) is 3. The van der Waals surface area contributed by atoms with Crippen molar-refractivity contribution in [3.05, 3.63) is 44.7 Å². The number of nitrogens with one attached hydrogen (secondary N) is 1. The molecule has 1 aliphatic rings. The van der Waals surface area contributed by atoms with Gasteiger partial charge in [-0.25, -0.2) is 0 Å². The van der Waals surface area contributed by atoms with E-state index in [2.05, 4.69) is 9.97 Å². The molecule has 5 heteroatoms. The average molecular weight is 305 g/mol. The van der Waals surface area contributed by atoms with Crippen LogP contribution in [0.4, 0.5) is 0 Å². The Bertz CT molecular complexity index is 734. The quantitative estimate of drug-likeness (QED) is 0.887. The lowest BCUT2D eigenvalue weighted by Crippen LogP contribution is -2.17. The minimum absolute atomic E-state index is 0.122. The second kappa shape index (κ2) is 5.53. The normalized spacial score (nSPS) is 15.5. The maximum absolute atomic E-state index is 12.3. The molecule has 1 aliphatic carbocycles. The summed E-state index contributed by atoms with van der Waals surface area (Å²) in [6.07, 6.45) is 4.07. The van der Waals surface area contributed by atoms with Crippen LogP contribution in [-0.2, 0) is 0 Å². The SMILES string of the molecule is Cc1ccc(-c2nc(O)c(C3CCCC3)c(=O)[nH]2)cc1Cl. The highest BCUT2D eigenvalue weighted by Crippen LogP contribution is 2.36. The first-order valence-corrected chi connectivity index (χ1v) is 7.54. The Labute approximate surface area is 127 Å². The molecule has 21 heavy (non-hydrogen) atoms. The summed E-state index contributed by atoms with van der Waals surface area (Å²) in [5, 5.41) is 10.8. The van der Waals surface area contributed by atoms with E-state index in [4.69, 9.17) is 11.6 Å². The van der Waals surface area contributed by atoms with Crippen molar-refractivity contribution in [2.24, 2.45) is 0 Å². The van der Waals surface area contributed by atoms with Crippen LogP contribution in [0.25, 0.3) is 11.4 Å². The van der Waals surface area contributed by atoms with Gasteiger partial charge >= 0.3 is 0 Å². The Morgan fingerprint density at radius 1 is 1.33 bits per heavy atom. The van der Waals surface area contributed by atoms with E-state index in [9.17, 15) is 9.90 Å². The molecule has 4 nitrogen and oxygen atoms in total. The highest BCUT2D eigenvalue weighted by Gasteiger charge is 2.24. The first-order chi connectivity index (χ1) is 10.1. The van der Waals surface area contributed by atoms with E-state index in [0.29, 0.717) is 22.0 Å². The molecule has 0 saturated heterocycles. The van der Waals surface area contributed by atoms with Crippen molar-refractivity contribution in [2.45, 2.75) is 38.5 Å². The second-order valence-electron chi connectivity index (χ2n) is 5.60. The van der Waals surface area contributed by atoms with Gasteiger partial charge in [-0.15, -0.1) is 0 Å². The number of nitrogens with zero attached hydrogens (tertiary/aromatic N) is 1. The number of aromatic hydroxyl groups is 1. The average Bonchev–Trinajstić information content (AvgIpc) is 2.95. The fraction of sp³-hybridized carbons (Fsp3) is 0.375. The summed E-state index contributed by atoms with van der Waals surface area (Å²) in [4.78, 5) is 19.2. The molecule has 1 heterocycles. The lowest BCUT2D eigenvalue weighted by molar-refractivity contribution is 0.436. The van der Waals surface area contributed by atoms with Crippen LogP contribution in [0.3, 0.4) is 0 Å². The third-order valence-corrected chi connectivity index (χ3v) is 4.55. The molecular weight excluding hydrogens is 288 g/mol. The number of benzene rings is 1. The van der Waals surface area contributed by atoms with Crippen molar-refractivity contribution in [2.75, 3.05) is 0 Å². The first-order valence-electron chi connectivity index (χ1n) is 7.16. The number of aromatic amines is 1.